The molecular weight excluding hydrogens is 322 g/mol. The van der Waals surface area contributed by atoms with Crippen molar-refractivity contribution in [2.24, 2.45) is 0 Å². The van der Waals surface area contributed by atoms with E-state index < -0.39 is 0 Å². The molecule has 3 N–H and O–H groups in total. The molecule has 4 rings (SSSR count). The summed E-state index contributed by atoms with van der Waals surface area (Å²) < 4.78 is 10.9. The minimum Gasteiger partial charge on any atom is -0.505 e. The third-order valence-corrected chi connectivity index (χ3v) is 4.90. The van der Waals surface area contributed by atoms with Gasteiger partial charge in [-0.2, -0.15) is 0 Å². The number of hydrogen-bond acceptors (Lipinski definition) is 6. The number of aromatic hydroxyl groups is 2. The lowest BCUT2D eigenvalue weighted by Gasteiger charge is -2.38. The summed E-state index contributed by atoms with van der Waals surface area (Å²) in [4.78, 5) is 2.05. The van der Waals surface area contributed by atoms with Gasteiger partial charge >= 0.3 is 0 Å². The summed E-state index contributed by atoms with van der Waals surface area (Å²) in [6, 6.07) is 6.65. The van der Waals surface area contributed by atoms with Crippen molar-refractivity contribution in [3.05, 3.63) is 46.5 Å². The Hall–Kier alpha value is -3.02. The van der Waals surface area contributed by atoms with E-state index >= 15 is 0 Å². The van der Waals surface area contributed by atoms with Crippen LogP contribution in [0.25, 0.3) is 11.5 Å². The van der Waals surface area contributed by atoms with Gasteiger partial charge in [0.05, 0.1) is 19.9 Å². The van der Waals surface area contributed by atoms with Crippen LogP contribution in [0.1, 0.15) is 22.3 Å². The molecule has 0 unspecified atom stereocenters. The van der Waals surface area contributed by atoms with Crippen molar-refractivity contribution in [2.45, 2.75) is 13.0 Å². The zero-order chi connectivity index (χ0) is 17.7. The lowest BCUT2D eigenvalue weighted by atomic mass is 9.89. The van der Waals surface area contributed by atoms with E-state index in [-0.39, 0.29) is 17.3 Å². The zero-order valence-corrected chi connectivity index (χ0v) is 14.0. The molecule has 2 aliphatic heterocycles. The number of fused-ring (bicyclic) bond motifs is 4. The Labute approximate surface area is 145 Å². The first-order valence-electron chi connectivity index (χ1n) is 8.02. The van der Waals surface area contributed by atoms with Crippen LogP contribution in [0.5, 0.6) is 23.0 Å². The molecule has 0 atom stereocenters. The molecule has 25 heavy (non-hydrogen) atoms. The van der Waals surface area contributed by atoms with Crippen LogP contribution in [0.15, 0.2) is 24.3 Å². The SMILES string of the molecule is COc1ccc2c(c1OC)CN1CCc3cc(O)c(O)cc3C1=C2O. The number of aliphatic hydroxyl groups is 1. The topological polar surface area (TPSA) is 82.4 Å². The van der Waals surface area contributed by atoms with Gasteiger partial charge in [-0.3, -0.25) is 0 Å². The fraction of sp³-hybridized carbons (Fsp3) is 0.263. The highest BCUT2D eigenvalue weighted by atomic mass is 16.5. The van der Waals surface area contributed by atoms with E-state index in [9.17, 15) is 15.3 Å². The van der Waals surface area contributed by atoms with E-state index in [2.05, 4.69) is 4.90 Å². The molecule has 2 heterocycles. The standard InChI is InChI=1S/C19H19NO5/c1-24-16-4-3-11-13(19(16)25-2)9-20-6-5-10-7-14(21)15(22)8-12(10)17(20)18(11)23/h3-4,7-8,21-23H,5-6,9H2,1-2H3. The molecule has 0 saturated carbocycles. The molecule has 0 radical (unpaired) electrons. The number of nitrogens with zero attached hydrogens (tertiary/aromatic N) is 1. The van der Waals surface area contributed by atoms with Crippen LogP contribution < -0.4 is 9.47 Å². The van der Waals surface area contributed by atoms with Crippen molar-refractivity contribution in [1.29, 1.82) is 0 Å². The number of aliphatic hydroxyl groups excluding tert-OH is 1. The van der Waals surface area contributed by atoms with Crippen LogP contribution >= 0.6 is 0 Å². The van der Waals surface area contributed by atoms with Gasteiger partial charge in [0, 0.05) is 29.8 Å². The Morgan fingerprint density at radius 2 is 1.72 bits per heavy atom. The molecule has 0 bridgehead atoms. The van der Waals surface area contributed by atoms with Crippen LogP contribution in [-0.4, -0.2) is 41.0 Å². The fourth-order valence-corrected chi connectivity index (χ4v) is 3.71. The molecule has 2 aromatic carbocycles. The predicted molar refractivity (Wildman–Crippen MR) is 92.9 cm³/mol. The van der Waals surface area contributed by atoms with Crippen molar-refractivity contribution < 1.29 is 24.8 Å². The van der Waals surface area contributed by atoms with E-state index in [0.29, 0.717) is 42.3 Å². The first kappa shape index (κ1) is 15.5. The highest BCUT2D eigenvalue weighted by molar-refractivity contribution is 5.91. The minimum absolute atomic E-state index is 0.133. The third-order valence-electron chi connectivity index (χ3n) is 4.90. The average Bonchev–Trinajstić information content (AvgIpc) is 2.61. The summed E-state index contributed by atoms with van der Waals surface area (Å²) in [6.45, 7) is 1.26. The number of rotatable bonds is 2. The predicted octanol–water partition coefficient (Wildman–Crippen LogP) is 2.87. The normalized spacial score (nSPS) is 15.4. The van der Waals surface area contributed by atoms with Crippen molar-refractivity contribution in [2.75, 3.05) is 20.8 Å². The number of ether oxygens (including phenoxy) is 2. The maximum atomic E-state index is 10.9. The molecule has 0 saturated heterocycles. The van der Waals surface area contributed by atoms with Crippen molar-refractivity contribution >= 4 is 11.5 Å². The van der Waals surface area contributed by atoms with Crippen molar-refractivity contribution in [3.63, 3.8) is 0 Å². The molecule has 0 fully saturated rings. The maximum absolute atomic E-state index is 10.9. The first-order valence-corrected chi connectivity index (χ1v) is 8.02. The van der Waals surface area contributed by atoms with Gasteiger partial charge in [-0.15, -0.1) is 0 Å². The van der Waals surface area contributed by atoms with Crippen LogP contribution in [0.3, 0.4) is 0 Å². The number of methoxy groups -OCH3 is 2. The number of phenolic OH excluding ortho intramolecular Hbond substituents is 2. The van der Waals surface area contributed by atoms with Gasteiger partial charge in [0.2, 0.25) is 0 Å². The Balaban J connectivity index is 1.95. The zero-order valence-electron chi connectivity index (χ0n) is 14.0. The van der Waals surface area contributed by atoms with Gasteiger partial charge in [-0.05, 0) is 36.2 Å². The highest BCUT2D eigenvalue weighted by Crippen LogP contribution is 2.46. The van der Waals surface area contributed by atoms with Crippen LogP contribution in [0.2, 0.25) is 0 Å². The monoisotopic (exact) mass is 341 g/mol. The van der Waals surface area contributed by atoms with Gasteiger partial charge in [-0.25, -0.2) is 0 Å². The number of benzene rings is 2. The fourth-order valence-electron chi connectivity index (χ4n) is 3.71. The van der Waals surface area contributed by atoms with E-state index in [4.69, 9.17) is 9.47 Å². The summed E-state index contributed by atoms with van der Waals surface area (Å²) in [5.41, 5.74) is 3.85. The second kappa shape index (κ2) is 5.51. The smallest absolute Gasteiger partial charge is 0.166 e. The summed E-state index contributed by atoms with van der Waals surface area (Å²) in [5.74, 6) is 1.03. The summed E-state index contributed by atoms with van der Waals surface area (Å²) in [5, 5.41) is 30.6. The second-order valence-electron chi connectivity index (χ2n) is 6.19. The van der Waals surface area contributed by atoms with Crippen LogP contribution in [-0.2, 0) is 13.0 Å². The molecule has 0 spiro atoms. The molecule has 0 aromatic heterocycles. The van der Waals surface area contributed by atoms with Gasteiger partial charge in [0.15, 0.2) is 23.0 Å². The van der Waals surface area contributed by atoms with Gasteiger partial charge in [0.1, 0.15) is 5.76 Å². The van der Waals surface area contributed by atoms with Crippen LogP contribution in [0.4, 0.5) is 0 Å². The molecule has 0 aliphatic carbocycles. The largest absolute Gasteiger partial charge is 0.505 e. The Morgan fingerprint density at radius 1 is 0.960 bits per heavy atom. The lowest BCUT2D eigenvalue weighted by Crippen LogP contribution is -2.33. The molecule has 0 amide bonds. The van der Waals surface area contributed by atoms with Gasteiger partial charge in [-0.1, -0.05) is 0 Å². The first-order chi connectivity index (χ1) is 12.0. The number of hydrogen-bond donors (Lipinski definition) is 3. The van der Waals surface area contributed by atoms with E-state index in [1.54, 1.807) is 26.4 Å². The lowest BCUT2D eigenvalue weighted by molar-refractivity contribution is 0.327. The Bertz CT molecular complexity index is 903. The maximum Gasteiger partial charge on any atom is 0.166 e. The second-order valence-corrected chi connectivity index (χ2v) is 6.19. The number of phenols is 2. The molecule has 6 heteroatoms. The van der Waals surface area contributed by atoms with E-state index in [1.165, 1.54) is 6.07 Å². The third kappa shape index (κ3) is 2.17. The van der Waals surface area contributed by atoms with E-state index in [0.717, 1.165) is 16.7 Å². The average molecular weight is 341 g/mol. The summed E-state index contributed by atoms with van der Waals surface area (Å²) >= 11 is 0. The highest BCUT2D eigenvalue weighted by Gasteiger charge is 2.33. The molecular formula is C19H19NO5. The van der Waals surface area contributed by atoms with Crippen molar-refractivity contribution in [3.8, 4) is 23.0 Å². The van der Waals surface area contributed by atoms with Crippen molar-refractivity contribution in [1.82, 2.24) is 4.90 Å². The molecule has 2 aliphatic rings. The molecule has 130 valence electrons. The Kier molecular flexibility index (Phi) is 3.42. The Morgan fingerprint density at radius 3 is 2.44 bits per heavy atom. The van der Waals surface area contributed by atoms with Gasteiger partial charge in [0.25, 0.3) is 0 Å². The summed E-state index contributed by atoms with van der Waals surface area (Å²) in [6.07, 6.45) is 0.710. The summed E-state index contributed by atoms with van der Waals surface area (Å²) in [7, 11) is 3.17. The van der Waals surface area contributed by atoms with Gasteiger partial charge < -0.3 is 29.7 Å². The van der Waals surface area contributed by atoms with E-state index in [1.807, 2.05) is 6.07 Å². The molecule has 2 aromatic rings. The minimum atomic E-state index is -0.195. The van der Waals surface area contributed by atoms with Crippen LogP contribution in [0, 0.1) is 0 Å². The molecule has 6 nitrogen and oxygen atoms in total. The quantitative estimate of drug-likeness (QED) is 0.729.